The molecule has 0 spiro atoms. The van der Waals surface area contributed by atoms with Crippen molar-refractivity contribution in [1.29, 1.82) is 0 Å². The molecule has 0 radical (unpaired) electrons. The van der Waals surface area contributed by atoms with E-state index in [1.807, 2.05) is 23.0 Å². The lowest BCUT2D eigenvalue weighted by atomic mass is 9.87. The number of benzene rings is 1. The van der Waals surface area contributed by atoms with Gasteiger partial charge in [0.2, 0.25) is 0 Å². The van der Waals surface area contributed by atoms with Gasteiger partial charge in [-0.05, 0) is 44.7 Å². The van der Waals surface area contributed by atoms with Crippen LogP contribution in [0.5, 0.6) is 5.75 Å². The Hall–Kier alpha value is -3.29. The summed E-state index contributed by atoms with van der Waals surface area (Å²) in [4.78, 5) is 31.7. The maximum atomic E-state index is 12.6. The van der Waals surface area contributed by atoms with Crippen molar-refractivity contribution in [2.75, 3.05) is 12.4 Å². The molecule has 1 aliphatic rings. The van der Waals surface area contributed by atoms with Crippen molar-refractivity contribution in [1.82, 2.24) is 19.7 Å². The summed E-state index contributed by atoms with van der Waals surface area (Å²) in [6.45, 7) is 1.74. The Kier molecular flexibility index (Phi) is 5.24. The van der Waals surface area contributed by atoms with E-state index in [0.717, 1.165) is 42.9 Å². The van der Waals surface area contributed by atoms with Gasteiger partial charge >= 0.3 is 0 Å². The van der Waals surface area contributed by atoms with Gasteiger partial charge in [-0.25, -0.2) is 9.97 Å². The second-order valence-corrected chi connectivity index (χ2v) is 7.37. The zero-order valence-electron chi connectivity index (χ0n) is 16.5. The Balaban J connectivity index is 1.60. The van der Waals surface area contributed by atoms with E-state index in [4.69, 9.17) is 9.84 Å². The summed E-state index contributed by atoms with van der Waals surface area (Å²) in [5.41, 5.74) is 1.66. The van der Waals surface area contributed by atoms with Crippen LogP contribution in [0.15, 0.2) is 30.6 Å². The van der Waals surface area contributed by atoms with Gasteiger partial charge < -0.3 is 14.8 Å². The van der Waals surface area contributed by atoms with Crippen LogP contribution in [0.4, 0.5) is 5.69 Å². The number of fused-ring (bicyclic) bond motifs is 1. The number of aldehydes is 1. The zero-order valence-corrected chi connectivity index (χ0v) is 16.5. The van der Waals surface area contributed by atoms with Crippen LogP contribution in [-0.4, -0.2) is 39.1 Å². The van der Waals surface area contributed by atoms with Crippen molar-refractivity contribution >= 4 is 28.8 Å². The second kappa shape index (κ2) is 7.98. The topological polar surface area (TPSA) is 99.0 Å². The molecular formula is C21H23N5O3. The first-order valence-electron chi connectivity index (χ1n) is 9.70. The highest BCUT2D eigenvalue weighted by Gasteiger charge is 2.23. The number of nitrogens with one attached hydrogen (secondary N) is 1. The molecule has 4 rings (SSSR count). The lowest BCUT2D eigenvalue weighted by Crippen LogP contribution is -2.19. The highest BCUT2D eigenvalue weighted by Crippen LogP contribution is 2.34. The van der Waals surface area contributed by atoms with Crippen LogP contribution in [-0.2, 0) is 4.79 Å². The van der Waals surface area contributed by atoms with Crippen LogP contribution in [0.25, 0.3) is 10.9 Å². The summed E-state index contributed by atoms with van der Waals surface area (Å²) in [5.74, 6) is 0.911. The van der Waals surface area contributed by atoms with E-state index in [1.54, 1.807) is 26.3 Å². The van der Waals surface area contributed by atoms with Crippen molar-refractivity contribution < 1.29 is 14.3 Å². The maximum Gasteiger partial charge on any atom is 0.274 e. The molecule has 8 heteroatoms. The van der Waals surface area contributed by atoms with Gasteiger partial charge in [0.25, 0.3) is 5.91 Å². The Morgan fingerprint density at radius 2 is 2.07 bits per heavy atom. The van der Waals surface area contributed by atoms with Gasteiger partial charge in [0.15, 0.2) is 0 Å². The number of nitrogens with zero attached hydrogens (tertiary/aromatic N) is 4. The molecule has 29 heavy (non-hydrogen) atoms. The number of amides is 1. The first-order valence-corrected chi connectivity index (χ1v) is 9.70. The smallest absolute Gasteiger partial charge is 0.274 e. The predicted molar refractivity (Wildman–Crippen MR) is 108 cm³/mol. The third kappa shape index (κ3) is 3.96. The summed E-state index contributed by atoms with van der Waals surface area (Å²) >= 11 is 0. The molecule has 0 atom stereocenters. The number of rotatable bonds is 5. The van der Waals surface area contributed by atoms with Crippen LogP contribution in [0, 0.1) is 12.8 Å². The van der Waals surface area contributed by atoms with E-state index >= 15 is 0 Å². The number of carbonyl (C=O) groups is 2. The lowest BCUT2D eigenvalue weighted by Gasteiger charge is -2.25. The van der Waals surface area contributed by atoms with Crippen molar-refractivity contribution in [3.63, 3.8) is 0 Å². The van der Waals surface area contributed by atoms with E-state index in [2.05, 4.69) is 15.3 Å². The van der Waals surface area contributed by atoms with Crippen molar-refractivity contribution in [2.45, 2.75) is 38.6 Å². The van der Waals surface area contributed by atoms with Crippen LogP contribution >= 0.6 is 0 Å². The Bertz CT molecular complexity index is 1050. The van der Waals surface area contributed by atoms with Gasteiger partial charge in [-0.3, -0.25) is 9.48 Å². The number of methoxy groups -OCH3 is 1. The summed E-state index contributed by atoms with van der Waals surface area (Å²) in [6, 6.07) is 5.54. The number of hydrogen-bond acceptors (Lipinski definition) is 6. The molecule has 2 aromatic heterocycles. The average molecular weight is 393 g/mol. The van der Waals surface area contributed by atoms with Crippen molar-refractivity contribution in [3.8, 4) is 5.75 Å². The van der Waals surface area contributed by atoms with E-state index in [1.165, 1.54) is 0 Å². The average Bonchev–Trinajstić information content (AvgIpc) is 3.16. The van der Waals surface area contributed by atoms with Gasteiger partial charge in [0.1, 0.15) is 23.6 Å². The number of hydrogen-bond donors (Lipinski definition) is 1. The first kappa shape index (κ1) is 19.0. The molecule has 0 aliphatic heterocycles. The van der Waals surface area contributed by atoms with Crippen molar-refractivity contribution in [3.05, 3.63) is 42.1 Å². The fraction of sp³-hybridized carbons (Fsp3) is 0.381. The minimum absolute atomic E-state index is 0.170. The van der Waals surface area contributed by atoms with E-state index in [-0.39, 0.29) is 17.9 Å². The molecule has 1 N–H and O–H groups in total. The largest absolute Gasteiger partial charge is 0.494 e. The quantitative estimate of drug-likeness (QED) is 0.668. The molecule has 0 unspecified atom stereocenters. The van der Waals surface area contributed by atoms with E-state index in [0.29, 0.717) is 23.0 Å². The molecule has 0 bridgehead atoms. The van der Waals surface area contributed by atoms with Gasteiger partial charge in [-0.1, -0.05) is 0 Å². The number of ether oxygens (including phenoxy) is 1. The fourth-order valence-corrected chi connectivity index (χ4v) is 3.80. The lowest BCUT2D eigenvalue weighted by molar-refractivity contribution is -0.112. The van der Waals surface area contributed by atoms with Gasteiger partial charge in [0, 0.05) is 29.8 Å². The van der Waals surface area contributed by atoms with E-state index in [9.17, 15) is 9.59 Å². The summed E-state index contributed by atoms with van der Waals surface area (Å²) < 4.78 is 7.44. The normalized spacial score (nSPS) is 19.1. The Morgan fingerprint density at radius 1 is 1.28 bits per heavy atom. The summed E-state index contributed by atoms with van der Waals surface area (Å²) in [7, 11) is 1.56. The molecular weight excluding hydrogens is 370 g/mol. The third-order valence-corrected chi connectivity index (χ3v) is 5.41. The minimum atomic E-state index is -0.326. The number of anilines is 1. The zero-order chi connectivity index (χ0) is 20.4. The predicted octanol–water partition coefficient (Wildman–Crippen LogP) is 3.33. The molecule has 1 amide bonds. The van der Waals surface area contributed by atoms with Crippen molar-refractivity contribution in [2.24, 2.45) is 5.92 Å². The van der Waals surface area contributed by atoms with Crippen LogP contribution in [0.1, 0.15) is 48.0 Å². The van der Waals surface area contributed by atoms with Gasteiger partial charge in [-0.2, -0.15) is 5.10 Å². The summed E-state index contributed by atoms with van der Waals surface area (Å²) in [6.07, 6.45) is 8.28. The highest BCUT2D eigenvalue weighted by molar-refractivity contribution is 6.05. The number of aromatic nitrogens is 4. The maximum absolute atomic E-state index is 12.6. The standard InChI is InChI=1S/C21H23N5O3/c1-13-22-8-7-17(23-13)21(28)24-19-9-15-11-26(25-18(15)10-20(19)29-2)16-5-3-14(12-27)4-6-16/h7-12,14,16H,3-6H2,1-2H3,(H,24,28). The SMILES string of the molecule is COc1cc2nn(C3CCC(C=O)CC3)cc2cc1NC(=O)c1ccnc(C)n1. The monoisotopic (exact) mass is 393 g/mol. The minimum Gasteiger partial charge on any atom is -0.494 e. The van der Waals surface area contributed by atoms with Crippen LogP contribution in [0.3, 0.4) is 0 Å². The summed E-state index contributed by atoms with van der Waals surface area (Å²) in [5, 5.41) is 8.48. The van der Waals surface area contributed by atoms with Gasteiger partial charge in [-0.15, -0.1) is 0 Å². The highest BCUT2D eigenvalue weighted by atomic mass is 16.5. The Morgan fingerprint density at radius 3 is 2.76 bits per heavy atom. The number of aryl methyl sites for hydroxylation is 1. The molecule has 1 fully saturated rings. The molecule has 150 valence electrons. The Labute approximate surface area is 168 Å². The third-order valence-electron chi connectivity index (χ3n) is 5.41. The molecule has 1 saturated carbocycles. The molecule has 1 aliphatic carbocycles. The molecule has 3 aromatic rings. The molecule has 0 saturated heterocycles. The number of carbonyl (C=O) groups excluding carboxylic acids is 2. The van der Waals surface area contributed by atoms with E-state index < -0.39 is 0 Å². The van der Waals surface area contributed by atoms with Gasteiger partial charge in [0.05, 0.1) is 24.4 Å². The molecule has 8 nitrogen and oxygen atoms in total. The molecule has 2 heterocycles. The second-order valence-electron chi connectivity index (χ2n) is 7.37. The first-order chi connectivity index (χ1) is 14.1. The fourth-order valence-electron chi connectivity index (χ4n) is 3.80. The molecule has 1 aromatic carbocycles. The van der Waals surface area contributed by atoms with Crippen LogP contribution in [0.2, 0.25) is 0 Å². The van der Waals surface area contributed by atoms with Crippen LogP contribution < -0.4 is 10.1 Å².